The highest BCUT2D eigenvalue weighted by atomic mass is 16.2. The molecule has 1 atom stereocenters. The van der Waals surface area contributed by atoms with Crippen LogP contribution in [0, 0.1) is 5.92 Å². The molecule has 1 N–H and O–H groups in total. The van der Waals surface area contributed by atoms with Crippen molar-refractivity contribution in [3.63, 3.8) is 0 Å². The standard InChI is InChI=1S/C23H24N4O2/c1-14(2)20(21-24-18-11-7-8-12-19(18)27(21)4)25-22(28)17-13-26(3)23(29)16-10-6-5-9-15(16)17/h5-14,20H,1-4H3,(H,25,28)/t20-/m0/s1. The van der Waals surface area contributed by atoms with E-state index in [0.29, 0.717) is 16.3 Å². The Balaban J connectivity index is 1.78. The summed E-state index contributed by atoms with van der Waals surface area (Å²) in [6.45, 7) is 4.12. The van der Waals surface area contributed by atoms with E-state index in [1.54, 1.807) is 19.3 Å². The van der Waals surface area contributed by atoms with Crippen LogP contribution in [0.4, 0.5) is 0 Å². The van der Waals surface area contributed by atoms with Gasteiger partial charge in [-0.25, -0.2) is 4.98 Å². The third-order valence-corrected chi connectivity index (χ3v) is 5.39. The number of imidazole rings is 1. The molecule has 6 nitrogen and oxygen atoms in total. The largest absolute Gasteiger partial charge is 0.342 e. The number of nitrogens with zero attached hydrogens (tertiary/aromatic N) is 3. The predicted octanol–water partition coefficient (Wildman–Crippen LogP) is 3.55. The summed E-state index contributed by atoms with van der Waals surface area (Å²) in [7, 11) is 3.63. The highest BCUT2D eigenvalue weighted by molar-refractivity contribution is 6.06. The van der Waals surface area contributed by atoms with E-state index in [2.05, 4.69) is 19.2 Å². The SMILES string of the molecule is CC(C)[C@H](NC(=O)c1cn(C)c(=O)c2ccccc12)c1nc2ccccc2n1C. The van der Waals surface area contributed by atoms with Gasteiger partial charge in [-0.15, -0.1) is 0 Å². The lowest BCUT2D eigenvalue weighted by atomic mass is 10.0. The first-order valence-corrected chi connectivity index (χ1v) is 9.69. The summed E-state index contributed by atoms with van der Waals surface area (Å²) < 4.78 is 3.48. The van der Waals surface area contributed by atoms with Crippen LogP contribution in [0.5, 0.6) is 0 Å². The van der Waals surface area contributed by atoms with Crippen molar-refractivity contribution in [2.24, 2.45) is 20.0 Å². The number of carbonyl (C=O) groups excluding carboxylic acids is 1. The zero-order chi connectivity index (χ0) is 20.7. The maximum absolute atomic E-state index is 13.3. The van der Waals surface area contributed by atoms with Gasteiger partial charge in [0.2, 0.25) is 0 Å². The maximum Gasteiger partial charge on any atom is 0.258 e. The number of pyridine rings is 1. The van der Waals surface area contributed by atoms with E-state index in [1.807, 2.05) is 54.1 Å². The molecule has 0 saturated carbocycles. The number of aryl methyl sites for hydroxylation is 2. The van der Waals surface area contributed by atoms with Crippen LogP contribution in [-0.2, 0) is 14.1 Å². The van der Waals surface area contributed by atoms with Crippen LogP contribution in [0.2, 0.25) is 0 Å². The Morgan fingerprint density at radius 2 is 1.66 bits per heavy atom. The van der Waals surface area contributed by atoms with E-state index in [4.69, 9.17) is 4.98 Å². The molecule has 0 spiro atoms. The van der Waals surface area contributed by atoms with Crippen molar-refractivity contribution in [1.82, 2.24) is 19.4 Å². The molecule has 4 rings (SSSR count). The predicted molar refractivity (Wildman–Crippen MR) is 115 cm³/mol. The third kappa shape index (κ3) is 3.20. The van der Waals surface area contributed by atoms with Gasteiger partial charge < -0.3 is 14.5 Å². The quantitative estimate of drug-likeness (QED) is 0.581. The topological polar surface area (TPSA) is 68.9 Å². The first-order chi connectivity index (χ1) is 13.9. The molecule has 148 valence electrons. The number of amides is 1. The molecule has 2 heterocycles. The molecule has 0 unspecified atom stereocenters. The van der Waals surface area contributed by atoms with E-state index in [-0.39, 0.29) is 23.4 Å². The first-order valence-electron chi connectivity index (χ1n) is 9.69. The van der Waals surface area contributed by atoms with Crippen LogP contribution in [0.3, 0.4) is 0 Å². The van der Waals surface area contributed by atoms with Gasteiger partial charge in [0.15, 0.2) is 0 Å². The van der Waals surface area contributed by atoms with Crippen LogP contribution < -0.4 is 10.9 Å². The smallest absolute Gasteiger partial charge is 0.258 e. The number of carbonyl (C=O) groups is 1. The van der Waals surface area contributed by atoms with Gasteiger partial charge in [0.05, 0.1) is 22.6 Å². The summed E-state index contributed by atoms with van der Waals surface area (Å²) in [5.41, 5.74) is 2.28. The molecule has 0 aliphatic rings. The van der Waals surface area contributed by atoms with E-state index < -0.39 is 0 Å². The molecular formula is C23H24N4O2. The summed E-state index contributed by atoms with van der Waals surface area (Å²) >= 11 is 0. The second kappa shape index (κ2) is 7.20. The fourth-order valence-electron chi connectivity index (χ4n) is 3.79. The summed E-state index contributed by atoms with van der Waals surface area (Å²) in [5.74, 6) is 0.722. The van der Waals surface area contributed by atoms with Crippen LogP contribution >= 0.6 is 0 Å². The molecule has 0 radical (unpaired) electrons. The fourth-order valence-corrected chi connectivity index (χ4v) is 3.79. The average molecular weight is 388 g/mol. The molecule has 4 aromatic rings. The maximum atomic E-state index is 13.3. The van der Waals surface area contributed by atoms with Crippen LogP contribution in [0.1, 0.15) is 36.1 Å². The van der Waals surface area contributed by atoms with Gasteiger partial charge in [-0.05, 0) is 24.1 Å². The van der Waals surface area contributed by atoms with Gasteiger partial charge in [-0.3, -0.25) is 9.59 Å². The van der Waals surface area contributed by atoms with Crippen LogP contribution in [0.25, 0.3) is 21.8 Å². The number of hydrogen-bond donors (Lipinski definition) is 1. The zero-order valence-corrected chi connectivity index (χ0v) is 17.0. The fraction of sp³-hybridized carbons (Fsp3) is 0.261. The van der Waals surface area contributed by atoms with E-state index >= 15 is 0 Å². The first kappa shape index (κ1) is 18.9. The summed E-state index contributed by atoms with van der Waals surface area (Å²) in [6.07, 6.45) is 1.60. The van der Waals surface area contributed by atoms with Crippen molar-refractivity contribution in [2.45, 2.75) is 19.9 Å². The number of benzene rings is 2. The molecule has 0 aliphatic heterocycles. The Morgan fingerprint density at radius 3 is 2.34 bits per heavy atom. The minimum absolute atomic E-state index is 0.118. The van der Waals surface area contributed by atoms with E-state index in [1.165, 1.54) is 4.57 Å². The Labute approximate surface area is 168 Å². The van der Waals surface area contributed by atoms with Crippen molar-refractivity contribution in [2.75, 3.05) is 0 Å². The zero-order valence-electron chi connectivity index (χ0n) is 17.0. The number of fused-ring (bicyclic) bond motifs is 2. The number of aromatic nitrogens is 3. The Hall–Kier alpha value is -3.41. The monoisotopic (exact) mass is 388 g/mol. The molecular weight excluding hydrogens is 364 g/mol. The van der Waals surface area contributed by atoms with Gasteiger partial charge in [0.1, 0.15) is 5.82 Å². The molecule has 0 bridgehead atoms. The van der Waals surface area contributed by atoms with Crippen LogP contribution in [-0.4, -0.2) is 20.0 Å². The molecule has 2 aromatic heterocycles. The van der Waals surface area contributed by atoms with Crippen molar-refractivity contribution in [3.05, 3.63) is 76.5 Å². The molecule has 2 aromatic carbocycles. The van der Waals surface area contributed by atoms with E-state index in [0.717, 1.165) is 16.9 Å². The summed E-state index contributed by atoms with van der Waals surface area (Å²) in [4.78, 5) is 30.5. The number of hydrogen-bond acceptors (Lipinski definition) is 3. The lowest BCUT2D eigenvalue weighted by Crippen LogP contribution is -2.34. The average Bonchev–Trinajstić information content (AvgIpc) is 3.05. The Morgan fingerprint density at radius 1 is 1.00 bits per heavy atom. The van der Waals surface area contributed by atoms with Gasteiger partial charge in [0.25, 0.3) is 11.5 Å². The van der Waals surface area contributed by atoms with Gasteiger partial charge in [-0.2, -0.15) is 0 Å². The Kier molecular flexibility index (Phi) is 4.70. The molecule has 1 amide bonds. The molecule has 29 heavy (non-hydrogen) atoms. The molecule has 0 fully saturated rings. The molecule has 6 heteroatoms. The highest BCUT2D eigenvalue weighted by Gasteiger charge is 2.25. The minimum Gasteiger partial charge on any atom is -0.342 e. The molecule has 0 aliphatic carbocycles. The van der Waals surface area contributed by atoms with Gasteiger partial charge >= 0.3 is 0 Å². The lowest BCUT2D eigenvalue weighted by molar-refractivity contribution is 0.0923. The van der Waals surface area contributed by atoms with Gasteiger partial charge in [-0.1, -0.05) is 44.2 Å². The highest BCUT2D eigenvalue weighted by Crippen LogP contribution is 2.26. The van der Waals surface area contributed by atoms with E-state index in [9.17, 15) is 9.59 Å². The van der Waals surface area contributed by atoms with Crippen molar-refractivity contribution >= 4 is 27.7 Å². The van der Waals surface area contributed by atoms with Crippen molar-refractivity contribution in [1.29, 1.82) is 0 Å². The molecule has 0 saturated heterocycles. The third-order valence-electron chi connectivity index (χ3n) is 5.39. The second-order valence-electron chi connectivity index (χ2n) is 7.72. The number of rotatable bonds is 4. The lowest BCUT2D eigenvalue weighted by Gasteiger charge is -2.22. The number of para-hydroxylation sites is 2. The number of nitrogens with one attached hydrogen (secondary N) is 1. The van der Waals surface area contributed by atoms with Crippen molar-refractivity contribution in [3.8, 4) is 0 Å². The van der Waals surface area contributed by atoms with Crippen molar-refractivity contribution < 1.29 is 4.79 Å². The van der Waals surface area contributed by atoms with Crippen LogP contribution in [0.15, 0.2) is 59.5 Å². The summed E-state index contributed by atoms with van der Waals surface area (Å²) in [6, 6.07) is 14.9. The normalized spacial score (nSPS) is 12.6. The summed E-state index contributed by atoms with van der Waals surface area (Å²) in [5, 5.41) is 4.34. The Bertz CT molecular complexity index is 1280. The second-order valence-corrected chi connectivity index (χ2v) is 7.72. The minimum atomic E-state index is -0.268. The van der Waals surface area contributed by atoms with Gasteiger partial charge in [0, 0.05) is 31.1 Å².